The van der Waals surface area contributed by atoms with Gasteiger partial charge in [-0.25, -0.2) is 8.42 Å². The number of carbonyl (C=O) groups is 1. The van der Waals surface area contributed by atoms with Crippen molar-refractivity contribution in [3.63, 3.8) is 0 Å². The summed E-state index contributed by atoms with van der Waals surface area (Å²) in [6.45, 7) is 3.91. The van der Waals surface area contributed by atoms with Crippen LogP contribution < -0.4 is 4.90 Å². The zero-order chi connectivity index (χ0) is 21.3. The Morgan fingerprint density at radius 1 is 1.03 bits per heavy atom. The molecule has 3 heterocycles. The Kier molecular flexibility index (Phi) is 6.06. The fourth-order valence-electron chi connectivity index (χ4n) is 3.83. The molecule has 2 aliphatic heterocycles. The van der Waals surface area contributed by atoms with Crippen LogP contribution >= 0.6 is 11.6 Å². The van der Waals surface area contributed by atoms with Gasteiger partial charge in [0, 0.05) is 63.2 Å². The Morgan fingerprint density at radius 3 is 2.40 bits per heavy atom. The van der Waals surface area contributed by atoms with E-state index in [0.29, 0.717) is 63.2 Å². The topological polar surface area (TPSA) is 75.1 Å². The molecule has 0 atom stereocenters. The molecule has 0 radical (unpaired) electrons. The molecule has 0 spiro atoms. The van der Waals surface area contributed by atoms with Gasteiger partial charge in [-0.15, -0.1) is 0 Å². The number of aryl methyl sites for hydroxylation is 1. The van der Waals surface area contributed by atoms with Gasteiger partial charge in [0.2, 0.25) is 10.0 Å². The third kappa shape index (κ3) is 4.20. The molecule has 0 N–H and O–H groups in total. The number of carbonyl (C=O) groups excluding carboxylic acids is 1. The third-order valence-electron chi connectivity index (χ3n) is 5.55. The number of morpholine rings is 1. The van der Waals surface area contributed by atoms with E-state index < -0.39 is 10.0 Å². The van der Waals surface area contributed by atoms with Crippen molar-refractivity contribution in [3.05, 3.63) is 47.2 Å². The Morgan fingerprint density at radius 2 is 1.73 bits per heavy atom. The summed E-state index contributed by atoms with van der Waals surface area (Å²) in [4.78, 5) is 17.2. The first-order valence-electron chi connectivity index (χ1n) is 9.90. The molecule has 1 aromatic carbocycles. The van der Waals surface area contributed by atoms with Crippen LogP contribution in [0.4, 0.5) is 5.69 Å². The van der Waals surface area contributed by atoms with Gasteiger partial charge < -0.3 is 19.1 Å². The van der Waals surface area contributed by atoms with Gasteiger partial charge in [0.05, 0.1) is 13.2 Å². The van der Waals surface area contributed by atoms with E-state index in [1.807, 2.05) is 24.3 Å². The van der Waals surface area contributed by atoms with Crippen molar-refractivity contribution in [1.82, 2.24) is 13.8 Å². The Bertz CT molecular complexity index is 1030. The van der Waals surface area contributed by atoms with Crippen molar-refractivity contribution in [2.24, 2.45) is 7.05 Å². The summed E-state index contributed by atoms with van der Waals surface area (Å²) >= 11 is 6.08. The fourth-order valence-corrected chi connectivity index (χ4v) is 5.49. The molecule has 0 saturated carbocycles. The highest BCUT2D eigenvalue weighted by atomic mass is 35.5. The standard InChI is InChI=1S/C20H25ClN4O4S/c1-22-15-18(30(27,28)25-9-11-29-12-10-25)14-19(22)20(26)24-7-5-23(6-8-24)17-4-2-3-16(21)13-17/h2-4,13-15H,5-12H2,1H3. The average molecular weight is 453 g/mol. The number of hydrogen-bond acceptors (Lipinski definition) is 5. The van der Waals surface area contributed by atoms with Gasteiger partial charge in [0.1, 0.15) is 10.6 Å². The number of anilines is 1. The van der Waals surface area contributed by atoms with Crippen molar-refractivity contribution in [2.45, 2.75) is 4.90 Å². The van der Waals surface area contributed by atoms with Crippen molar-refractivity contribution in [3.8, 4) is 0 Å². The SMILES string of the molecule is Cn1cc(S(=O)(=O)N2CCOCC2)cc1C(=O)N1CCN(c2cccc(Cl)c2)CC1. The highest BCUT2D eigenvalue weighted by Gasteiger charge is 2.30. The number of benzene rings is 1. The molecular formula is C20H25ClN4O4S. The number of sulfonamides is 1. The molecule has 2 aromatic rings. The minimum atomic E-state index is -3.64. The molecule has 2 saturated heterocycles. The molecule has 10 heteroatoms. The fraction of sp³-hybridized carbons (Fsp3) is 0.450. The van der Waals surface area contributed by atoms with Crippen molar-refractivity contribution in [2.75, 3.05) is 57.4 Å². The number of hydrogen-bond donors (Lipinski definition) is 0. The summed E-state index contributed by atoms with van der Waals surface area (Å²) in [7, 11) is -1.93. The van der Waals surface area contributed by atoms with Gasteiger partial charge in [0.25, 0.3) is 5.91 Å². The van der Waals surface area contributed by atoms with E-state index in [4.69, 9.17) is 16.3 Å². The van der Waals surface area contributed by atoms with Crippen LogP contribution in [0.15, 0.2) is 41.4 Å². The maximum absolute atomic E-state index is 13.1. The zero-order valence-electron chi connectivity index (χ0n) is 16.8. The van der Waals surface area contributed by atoms with E-state index >= 15 is 0 Å². The van der Waals surface area contributed by atoms with E-state index in [-0.39, 0.29) is 10.8 Å². The lowest BCUT2D eigenvalue weighted by molar-refractivity contribution is 0.0729. The Balaban J connectivity index is 1.45. The number of halogens is 1. The number of nitrogens with zero attached hydrogens (tertiary/aromatic N) is 4. The molecule has 4 rings (SSSR count). The summed E-state index contributed by atoms with van der Waals surface area (Å²) in [6, 6.07) is 9.15. The van der Waals surface area contributed by atoms with Crippen molar-refractivity contribution >= 4 is 33.2 Å². The smallest absolute Gasteiger partial charge is 0.270 e. The second-order valence-corrected chi connectivity index (χ2v) is 9.82. The van der Waals surface area contributed by atoms with Crippen molar-refractivity contribution in [1.29, 1.82) is 0 Å². The zero-order valence-corrected chi connectivity index (χ0v) is 18.4. The first-order valence-corrected chi connectivity index (χ1v) is 11.7. The summed E-state index contributed by atoms with van der Waals surface area (Å²) < 4.78 is 34.0. The summed E-state index contributed by atoms with van der Waals surface area (Å²) in [5.41, 5.74) is 1.41. The molecule has 1 aromatic heterocycles. The lowest BCUT2D eigenvalue weighted by Crippen LogP contribution is -2.49. The minimum absolute atomic E-state index is 0.146. The van der Waals surface area contributed by atoms with Gasteiger partial charge >= 0.3 is 0 Å². The van der Waals surface area contributed by atoms with E-state index in [1.165, 1.54) is 16.6 Å². The predicted octanol–water partition coefficient (Wildman–Crippen LogP) is 1.66. The largest absolute Gasteiger partial charge is 0.379 e. The van der Waals surface area contributed by atoms with Crippen LogP contribution in [-0.4, -0.2) is 80.6 Å². The summed E-state index contributed by atoms with van der Waals surface area (Å²) in [5, 5.41) is 0.684. The molecule has 0 unspecified atom stereocenters. The third-order valence-corrected chi connectivity index (χ3v) is 7.65. The average Bonchev–Trinajstić information content (AvgIpc) is 3.16. The van der Waals surface area contributed by atoms with Crippen LogP contribution in [0.3, 0.4) is 0 Å². The first-order chi connectivity index (χ1) is 14.4. The number of amides is 1. The van der Waals surface area contributed by atoms with Crippen molar-refractivity contribution < 1.29 is 17.9 Å². The van der Waals surface area contributed by atoms with Gasteiger partial charge in [-0.2, -0.15) is 4.31 Å². The Labute approximate surface area is 181 Å². The molecular weight excluding hydrogens is 428 g/mol. The first kappa shape index (κ1) is 21.2. The van der Waals surface area contributed by atoms with Crippen LogP contribution in [0.25, 0.3) is 0 Å². The summed E-state index contributed by atoms with van der Waals surface area (Å²) in [5.74, 6) is -0.160. The minimum Gasteiger partial charge on any atom is -0.379 e. The van der Waals surface area contributed by atoms with Crippen LogP contribution in [0.5, 0.6) is 0 Å². The van der Waals surface area contributed by atoms with E-state index in [1.54, 1.807) is 16.5 Å². The monoisotopic (exact) mass is 452 g/mol. The van der Waals surface area contributed by atoms with E-state index in [2.05, 4.69) is 4.90 Å². The quantitative estimate of drug-likeness (QED) is 0.705. The maximum atomic E-state index is 13.1. The van der Waals surface area contributed by atoms with Crippen LogP contribution in [0.2, 0.25) is 5.02 Å². The molecule has 30 heavy (non-hydrogen) atoms. The Hall–Kier alpha value is -2.07. The highest BCUT2D eigenvalue weighted by Crippen LogP contribution is 2.23. The number of aromatic nitrogens is 1. The normalized spacial score (nSPS) is 18.6. The second kappa shape index (κ2) is 8.58. The maximum Gasteiger partial charge on any atom is 0.270 e. The van der Waals surface area contributed by atoms with Crippen LogP contribution in [-0.2, 0) is 21.8 Å². The number of ether oxygens (including phenoxy) is 1. The van der Waals surface area contributed by atoms with E-state index in [9.17, 15) is 13.2 Å². The lowest BCUT2D eigenvalue weighted by Gasteiger charge is -2.36. The van der Waals surface area contributed by atoms with Crippen LogP contribution in [0.1, 0.15) is 10.5 Å². The number of piperazine rings is 1. The lowest BCUT2D eigenvalue weighted by atomic mass is 10.2. The molecule has 1 amide bonds. The van der Waals surface area contributed by atoms with Gasteiger partial charge in [-0.1, -0.05) is 17.7 Å². The molecule has 2 aliphatic rings. The molecule has 2 fully saturated rings. The van der Waals surface area contributed by atoms with E-state index in [0.717, 1.165) is 5.69 Å². The predicted molar refractivity (Wildman–Crippen MR) is 115 cm³/mol. The second-order valence-electron chi connectivity index (χ2n) is 7.45. The van der Waals surface area contributed by atoms with Gasteiger partial charge in [-0.05, 0) is 24.3 Å². The highest BCUT2D eigenvalue weighted by molar-refractivity contribution is 7.89. The van der Waals surface area contributed by atoms with Crippen LogP contribution in [0, 0.1) is 0 Å². The molecule has 0 bridgehead atoms. The van der Waals surface area contributed by atoms with Gasteiger partial charge in [-0.3, -0.25) is 4.79 Å². The molecule has 8 nitrogen and oxygen atoms in total. The molecule has 0 aliphatic carbocycles. The van der Waals surface area contributed by atoms with Gasteiger partial charge in [0.15, 0.2) is 0 Å². The number of rotatable bonds is 4. The molecule has 162 valence electrons. The summed E-state index contributed by atoms with van der Waals surface area (Å²) in [6.07, 6.45) is 1.51.